The van der Waals surface area contributed by atoms with Crippen molar-refractivity contribution in [3.63, 3.8) is 0 Å². The molecule has 1 aromatic heterocycles. The van der Waals surface area contributed by atoms with Crippen LogP contribution in [0.25, 0.3) is 0 Å². The van der Waals surface area contributed by atoms with Gasteiger partial charge in [0.1, 0.15) is 5.69 Å². The first-order chi connectivity index (χ1) is 12.4. The quantitative estimate of drug-likeness (QED) is 0.629. The molecule has 2 rings (SSSR count). The highest BCUT2D eigenvalue weighted by molar-refractivity contribution is 6.03. The Morgan fingerprint density at radius 1 is 0.963 bits per heavy atom. The lowest BCUT2D eigenvalue weighted by Gasteiger charge is -2.14. The Bertz CT molecular complexity index is 828. The summed E-state index contributed by atoms with van der Waals surface area (Å²) >= 11 is 0. The summed E-state index contributed by atoms with van der Waals surface area (Å²) < 4.78 is 81.3. The highest BCUT2D eigenvalue weighted by Gasteiger charge is 2.37. The molecule has 1 N–H and O–H groups in total. The molecule has 0 spiro atoms. The molecule has 1 aromatic carbocycles. The summed E-state index contributed by atoms with van der Waals surface area (Å²) in [6, 6.07) is 2.92. The summed E-state index contributed by atoms with van der Waals surface area (Å²) in [7, 11) is 1.12. The van der Waals surface area contributed by atoms with Crippen molar-refractivity contribution in [2.24, 2.45) is 0 Å². The van der Waals surface area contributed by atoms with Crippen LogP contribution in [-0.2, 0) is 17.1 Å². The van der Waals surface area contributed by atoms with Gasteiger partial charge in [-0.1, -0.05) is 0 Å². The van der Waals surface area contributed by atoms with Gasteiger partial charge < -0.3 is 10.1 Å². The average Bonchev–Trinajstić information content (AvgIpc) is 2.59. The number of aromatic nitrogens is 1. The number of anilines is 1. The number of carbonyl (C=O) groups is 2. The molecule has 1 heterocycles. The lowest BCUT2D eigenvalue weighted by atomic mass is 10.1. The van der Waals surface area contributed by atoms with Crippen LogP contribution < -0.4 is 5.32 Å². The molecular weight excluding hydrogens is 382 g/mol. The zero-order valence-corrected chi connectivity index (χ0v) is 13.4. The molecule has 0 saturated heterocycles. The number of nitrogens with one attached hydrogen (secondary N) is 1. The molecule has 0 bridgehead atoms. The van der Waals surface area contributed by atoms with Crippen LogP contribution in [0.5, 0.6) is 0 Å². The largest absolute Gasteiger partial charge is 0.465 e. The molecule has 144 valence electrons. The number of halogens is 6. The van der Waals surface area contributed by atoms with Crippen LogP contribution in [0.3, 0.4) is 0 Å². The Balaban J connectivity index is 2.33. The molecule has 2 aromatic rings. The van der Waals surface area contributed by atoms with Crippen molar-refractivity contribution in [3.05, 3.63) is 58.9 Å². The number of pyridine rings is 1. The monoisotopic (exact) mass is 392 g/mol. The number of methoxy groups -OCH3 is 1. The van der Waals surface area contributed by atoms with Gasteiger partial charge in [-0.05, 0) is 30.3 Å². The van der Waals surface area contributed by atoms with Gasteiger partial charge in [0.05, 0.1) is 23.8 Å². The number of alkyl halides is 6. The minimum absolute atomic E-state index is 0.00692. The molecular formula is C16H10F6N2O3. The van der Waals surface area contributed by atoms with Gasteiger partial charge in [0.25, 0.3) is 5.91 Å². The van der Waals surface area contributed by atoms with Crippen LogP contribution in [0.15, 0.2) is 36.5 Å². The molecule has 27 heavy (non-hydrogen) atoms. The van der Waals surface area contributed by atoms with Gasteiger partial charge in [0.15, 0.2) is 0 Å². The van der Waals surface area contributed by atoms with Crippen molar-refractivity contribution in [1.29, 1.82) is 0 Å². The molecule has 1 amide bonds. The number of hydrogen-bond acceptors (Lipinski definition) is 4. The maximum Gasteiger partial charge on any atom is 0.416 e. The summed E-state index contributed by atoms with van der Waals surface area (Å²) in [4.78, 5) is 26.9. The van der Waals surface area contributed by atoms with Crippen molar-refractivity contribution in [1.82, 2.24) is 4.98 Å². The third-order valence-electron chi connectivity index (χ3n) is 3.26. The Hall–Kier alpha value is -3.11. The number of benzene rings is 1. The second-order valence-electron chi connectivity index (χ2n) is 5.17. The number of carbonyl (C=O) groups excluding carboxylic acids is 2. The van der Waals surface area contributed by atoms with E-state index in [-0.39, 0.29) is 17.3 Å². The minimum Gasteiger partial charge on any atom is -0.465 e. The molecule has 5 nitrogen and oxygen atoms in total. The van der Waals surface area contributed by atoms with E-state index in [1.807, 2.05) is 5.32 Å². The summed E-state index contributed by atoms with van der Waals surface area (Å²) in [5, 5.41) is 1.93. The second kappa shape index (κ2) is 7.25. The first kappa shape index (κ1) is 20.2. The number of nitrogens with zero attached hydrogens (tertiary/aromatic N) is 1. The lowest BCUT2D eigenvalue weighted by Crippen LogP contribution is -2.17. The van der Waals surface area contributed by atoms with Crippen molar-refractivity contribution < 1.29 is 40.7 Å². The third kappa shape index (κ3) is 4.96. The predicted molar refractivity (Wildman–Crippen MR) is 80.0 cm³/mol. The van der Waals surface area contributed by atoms with Crippen LogP contribution in [0, 0.1) is 0 Å². The van der Waals surface area contributed by atoms with Crippen molar-refractivity contribution in [3.8, 4) is 0 Å². The van der Waals surface area contributed by atoms with Crippen molar-refractivity contribution in [2.75, 3.05) is 12.4 Å². The molecule has 0 aliphatic rings. The van der Waals surface area contributed by atoms with Gasteiger partial charge in [0.2, 0.25) is 0 Å². The van der Waals surface area contributed by atoms with Gasteiger partial charge in [0, 0.05) is 11.9 Å². The molecule has 0 aliphatic carbocycles. The van der Waals surface area contributed by atoms with Crippen LogP contribution >= 0.6 is 0 Å². The summed E-state index contributed by atoms with van der Waals surface area (Å²) in [5.74, 6) is -1.79. The zero-order valence-electron chi connectivity index (χ0n) is 13.4. The van der Waals surface area contributed by atoms with Crippen LogP contribution in [0.2, 0.25) is 0 Å². The standard InChI is InChI=1S/C16H10F6N2O3/c1-27-14(26)8-2-3-12(23-7-8)13(25)24-11-5-9(15(17,18)19)4-10(6-11)16(20,21)22/h2-7H,1H3,(H,24,25). The Morgan fingerprint density at radius 3 is 1.93 bits per heavy atom. The number of ether oxygens (including phenoxy) is 1. The number of esters is 1. The fourth-order valence-corrected chi connectivity index (χ4v) is 1.99. The van der Waals surface area contributed by atoms with Gasteiger partial charge in [-0.15, -0.1) is 0 Å². The van der Waals surface area contributed by atoms with Gasteiger partial charge in [-0.25, -0.2) is 4.79 Å². The molecule has 0 unspecified atom stereocenters. The third-order valence-corrected chi connectivity index (χ3v) is 3.26. The van der Waals surface area contributed by atoms with E-state index in [4.69, 9.17) is 0 Å². The van der Waals surface area contributed by atoms with E-state index in [1.54, 1.807) is 0 Å². The van der Waals surface area contributed by atoms with E-state index in [0.717, 1.165) is 19.4 Å². The highest BCUT2D eigenvalue weighted by Crippen LogP contribution is 2.37. The maximum atomic E-state index is 12.8. The van der Waals surface area contributed by atoms with E-state index in [0.29, 0.717) is 12.1 Å². The summed E-state index contributed by atoms with van der Waals surface area (Å²) in [6.07, 6.45) is -9.10. The molecule has 0 aliphatic heterocycles. The van der Waals surface area contributed by atoms with Crippen LogP contribution in [-0.4, -0.2) is 24.0 Å². The van der Waals surface area contributed by atoms with E-state index in [1.165, 1.54) is 6.07 Å². The Morgan fingerprint density at radius 2 is 1.52 bits per heavy atom. The normalized spacial score (nSPS) is 11.8. The van der Waals surface area contributed by atoms with Crippen LogP contribution in [0.4, 0.5) is 32.0 Å². The number of rotatable bonds is 3. The second-order valence-corrected chi connectivity index (χ2v) is 5.17. The molecule has 0 fully saturated rings. The van der Waals surface area contributed by atoms with Gasteiger partial charge >= 0.3 is 18.3 Å². The smallest absolute Gasteiger partial charge is 0.416 e. The molecule has 0 saturated carbocycles. The fraction of sp³-hybridized carbons (Fsp3) is 0.188. The van der Waals surface area contributed by atoms with E-state index < -0.39 is 41.0 Å². The fourth-order valence-electron chi connectivity index (χ4n) is 1.99. The first-order valence-electron chi connectivity index (χ1n) is 7.07. The van der Waals surface area contributed by atoms with Gasteiger partial charge in [-0.3, -0.25) is 9.78 Å². The minimum atomic E-state index is -5.04. The highest BCUT2D eigenvalue weighted by atomic mass is 19.4. The summed E-state index contributed by atoms with van der Waals surface area (Å²) in [5.41, 5.74) is -4.16. The maximum absolute atomic E-state index is 12.8. The lowest BCUT2D eigenvalue weighted by molar-refractivity contribution is -0.143. The number of hydrogen-bond donors (Lipinski definition) is 1. The zero-order chi connectivity index (χ0) is 20.4. The first-order valence-corrected chi connectivity index (χ1v) is 7.07. The predicted octanol–water partition coefficient (Wildman–Crippen LogP) is 4.16. The topological polar surface area (TPSA) is 68.3 Å². The number of amides is 1. The van der Waals surface area contributed by atoms with Crippen LogP contribution in [0.1, 0.15) is 32.0 Å². The Kier molecular flexibility index (Phi) is 5.43. The summed E-state index contributed by atoms with van der Waals surface area (Å²) in [6.45, 7) is 0. The van der Waals surface area contributed by atoms with Crippen molar-refractivity contribution >= 4 is 17.6 Å². The van der Waals surface area contributed by atoms with E-state index in [9.17, 15) is 35.9 Å². The molecule has 11 heteroatoms. The van der Waals surface area contributed by atoms with Crippen molar-refractivity contribution in [2.45, 2.75) is 12.4 Å². The van der Waals surface area contributed by atoms with E-state index >= 15 is 0 Å². The Labute approximate surface area is 148 Å². The average molecular weight is 392 g/mol. The van der Waals surface area contributed by atoms with Gasteiger partial charge in [-0.2, -0.15) is 26.3 Å². The SMILES string of the molecule is COC(=O)c1ccc(C(=O)Nc2cc(C(F)(F)F)cc(C(F)(F)F)c2)nc1. The molecule has 0 radical (unpaired) electrons. The van der Waals surface area contributed by atoms with E-state index in [2.05, 4.69) is 9.72 Å². The molecule has 0 atom stereocenters.